The molecule has 2 aromatic carbocycles. The van der Waals surface area contributed by atoms with Crippen LogP contribution in [-0.2, 0) is 0 Å². The molecule has 0 unspecified atom stereocenters. The lowest BCUT2D eigenvalue weighted by atomic mass is 10.1. The summed E-state index contributed by atoms with van der Waals surface area (Å²) in [6.45, 7) is 0. The maximum Gasteiger partial charge on any atom is 0.159 e. The number of para-hydroxylation sites is 2. The minimum atomic E-state index is 0.234. The van der Waals surface area contributed by atoms with Gasteiger partial charge in [-0.3, -0.25) is 5.43 Å². The van der Waals surface area contributed by atoms with E-state index in [1.165, 1.54) is 12.3 Å². The van der Waals surface area contributed by atoms with Crippen molar-refractivity contribution in [2.45, 2.75) is 0 Å². The number of benzene rings is 2. The number of nitrogens with zero attached hydrogens (tertiary/aromatic N) is 6. The van der Waals surface area contributed by atoms with Crippen LogP contribution in [0.15, 0.2) is 96.4 Å². The van der Waals surface area contributed by atoms with Crippen LogP contribution >= 0.6 is 0 Å². The maximum absolute atomic E-state index is 9.92. The predicted octanol–water partition coefficient (Wildman–Crippen LogP) is 4.54. The fourth-order valence-corrected chi connectivity index (χ4v) is 3.07. The second-order valence-electron chi connectivity index (χ2n) is 6.44. The van der Waals surface area contributed by atoms with Crippen molar-refractivity contribution in [3.8, 4) is 23.6 Å². The van der Waals surface area contributed by atoms with Gasteiger partial charge in [-0.2, -0.15) is 20.7 Å². The molecular weight excluding hydrogens is 386 g/mol. The van der Waals surface area contributed by atoms with Crippen molar-refractivity contribution in [1.82, 2.24) is 14.3 Å². The molecule has 7 heteroatoms. The third-order valence-electron chi connectivity index (χ3n) is 4.48. The molecule has 4 rings (SSSR count). The van der Waals surface area contributed by atoms with E-state index in [0.29, 0.717) is 17.1 Å². The van der Waals surface area contributed by atoms with E-state index in [9.17, 15) is 10.5 Å². The molecule has 0 aliphatic carbocycles. The summed E-state index contributed by atoms with van der Waals surface area (Å²) in [5.41, 5.74) is 5.33. The van der Waals surface area contributed by atoms with E-state index in [-0.39, 0.29) is 5.57 Å². The summed E-state index contributed by atoms with van der Waals surface area (Å²) in [4.78, 5) is 0. The molecule has 0 bridgehead atoms. The van der Waals surface area contributed by atoms with Gasteiger partial charge in [0.1, 0.15) is 23.4 Å². The lowest BCUT2D eigenvalue weighted by Gasteiger charge is -2.08. The van der Waals surface area contributed by atoms with Crippen molar-refractivity contribution in [2.24, 2.45) is 5.10 Å². The minimum Gasteiger partial charge on any atom is -0.307 e. The molecule has 0 spiro atoms. The second kappa shape index (κ2) is 9.08. The molecule has 0 fully saturated rings. The monoisotopic (exact) mass is 403 g/mol. The Bertz CT molecular complexity index is 1300. The fraction of sp³-hybridized carbons (Fsp3) is 0. The molecule has 148 valence electrons. The van der Waals surface area contributed by atoms with E-state index in [2.05, 4.69) is 27.8 Å². The molecule has 2 aromatic heterocycles. The summed E-state index contributed by atoms with van der Waals surface area (Å²) in [6.07, 6.45) is 6.68. The van der Waals surface area contributed by atoms with Crippen molar-refractivity contribution in [3.63, 3.8) is 0 Å². The molecule has 0 atom stereocenters. The highest BCUT2D eigenvalue weighted by atomic mass is 15.3. The number of anilines is 1. The summed E-state index contributed by atoms with van der Waals surface area (Å²) < 4.78 is 3.47. The standard InChI is InChI=1S/C24H17N7/c25-17-19(13-14-27-28-20-9-3-1-4-10-20)23-22(18-26)24(30-15-7-8-16-30)31(29-23)21-11-5-2-6-12-21/h1-16,28H/b19-13-,27-14+. The van der Waals surface area contributed by atoms with Crippen LogP contribution in [-0.4, -0.2) is 20.6 Å². The zero-order valence-electron chi connectivity index (χ0n) is 16.4. The van der Waals surface area contributed by atoms with Crippen LogP contribution in [0.2, 0.25) is 0 Å². The molecule has 1 N–H and O–H groups in total. The number of nitrogens with one attached hydrogen (secondary N) is 1. The third kappa shape index (κ3) is 4.12. The maximum atomic E-state index is 9.92. The molecule has 7 nitrogen and oxygen atoms in total. The van der Waals surface area contributed by atoms with Crippen LogP contribution in [0.1, 0.15) is 11.3 Å². The van der Waals surface area contributed by atoms with Crippen molar-refractivity contribution < 1.29 is 0 Å². The Morgan fingerprint density at radius 3 is 2.26 bits per heavy atom. The third-order valence-corrected chi connectivity index (χ3v) is 4.48. The van der Waals surface area contributed by atoms with Gasteiger partial charge in [0.15, 0.2) is 5.82 Å². The SMILES string of the molecule is N#C/C(=C/C=N/Nc1ccccc1)c1nn(-c2ccccc2)c(-n2cccc2)c1C#N. The normalized spacial score (nSPS) is 11.2. The lowest BCUT2D eigenvalue weighted by molar-refractivity contribution is 0.820. The van der Waals surface area contributed by atoms with Crippen LogP contribution in [0, 0.1) is 22.7 Å². The van der Waals surface area contributed by atoms with Crippen molar-refractivity contribution in [3.05, 3.63) is 103 Å². The summed E-state index contributed by atoms with van der Waals surface area (Å²) in [7, 11) is 0. The molecule has 0 radical (unpaired) electrons. The molecule has 0 saturated heterocycles. The zero-order chi connectivity index (χ0) is 21.5. The van der Waals surface area contributed by atoms with Crippen LogP contribution in [0.25, 0.3) is 17.1 Å². The first kappa shape index (κ1) is 19.4. The Hall–Kier alpha value is -4.88. The Morgan fingerprint density at radius 2 is 1.61 bits per heavy atom. The van der Waals surface area contributed by atoms with E-state index in [1.807, 2.05) is 89.8 Å². The number of allylic oxidation sites excluding steroid dienone is 2. The van der Waals surface area contributed by atoms with Crippen molar-refractivity contribution in [1.29, 1.82) is 10.5 Å². The van der Waals surface area contributed by atoms with Gasteiger partial charge in [0.2, 0.25) is 0 Å². The van der Waals surface area contributed by atoms with Crippen LogP contribution in [0.5, 0.6) is 0 Å². The topological polar surface area (TPSA) is 94.7 Å². The molecule has 0 amide bonds. The first-order valence-corrected chi connectivity index (χ1v) is 9.48. The molecular formula is C24H17N7. The van der Waals surface area contributed by atoms with Crippen LogP contribution in [0.4, 0.5) is 5.69 Å². The largest absolute Gasteiger partial charge is 0.307 e. The highest BCUT2D eigenvalue weighted by molar-refractivity contribution is 5.91. The average Bonchev–Trinajstić information content (AvgIpc) is 3.48. The number of hydrogen-bond acceptors (Lipinski definition) is 5. The first-order chi connectivity index (χ1) is 15.3. The van der Waals surface area contributed by atoms with E-state index in [0.717, 1.165) is 11.4 Å². The van der Waals surface area contributed by atoms with Gasteiger partial charge >= 0.3 is 0 Å². The number of aromatic nitrogens is 3. The molecule has 2 heterocycles. The van der Waals surface area contributed by atoms with Crippen molar-refractivity contribution in [2.75, 3.05) is 5.43 Å². The summed E-state index contributed by atoms with van der Waals surface area (Å²) in [5.74, 6) is 0.564. The van der Waals surface area contributed by atoms with Crippen LogP contribution in [0.3, 0.4) is 0 Å². The second-order valence-corrected chi connectivity index (χ2v) is 6.44. The summed E-state index contributed by atoms with van der Waals surface area (Å²) in [5, 5.41) is 28.4. The van der Waals surface area contributed by atoms with E-state index < -0.39 is 0 Å². The van der Waals surface area contributed by atoms with Gasteiger partial charge in [-0.15, -0.1) is 0 Å². The Labute approximate surface area is 179 Å². The average molecular weight is 403 g/mol. The van der Waals surface area contributed by atoms with E-state index in [4.69, 9.17) is 0 Å². The quantitative estimate of drug-likeness (QED) is 0.290. The molecule has 0 saturated carbocycles. The fourth-order valence-electron chi connectivity index (χ4n) is 3.07. The first-order valence-electron chi connectivity index (χ1n) is 9.48. The van der Waals surface area contributed by atoms with E-state index in [1.54, 1.807) is 4.68 Å². The Morgan fingerprint density at radius 1 is 0.935 bits per heavy atom. The van der Waals surface area contributed by atoms with Gasteiger partial charge in [0.25, 0.3) is 0 Å². The van der Waals surface area contributed by atoms with Gasteiger partial charge in [0, 0.05) is 18.6 Å². The Kier molecular flexibility index (Phi) is 5.69. The van der Waals surface area contributed by atoms with Gasteiger partial charge < -0.3 is 4.57 Å². The molecule has 0 aliphatic rings. The molecule has 0 aliphatic heterocycles. The van der Waals surface area contributed by atoms with Gasteiger partial charge in [-0.1, -0.05) is 36.4 Å². The molecule has 4 aromatic rings. The summed E-state index contributed by atoms with van der Waals surface area (Å²) >= 11 is 0. The lowest BCUT2D eigenvalue weighted by Crippen LogP contribution is -2.04. The van der Waals surface area contributed by atoms with Crippen LogP contribution < -0.4 is 5.43 Å². The Balaban J connectivity index is 1.77. The highest BCUT2D eigenvalue weighted by Crippen LogP contribution is 2.26. The zero-order valence-corrected chi connectivity index (χ0v) is 16.4. The molecule has 31 heavy (non-hydrogen) atoms. The highest BCUT2D eigenvalue weighted by Gasteiger charge is 2.22. The van der Waals surface area contributed by atoms with Gasteiger partial charge in [-0.25, -0.2) is 4.68 Å². The van der Waals surface area contributed by atoms with Crippen molar-refractivity contribution >= 4 is 17.5 Å². The van der Waals surface area contributed by atoms with E-state index >= 15 is 0 Å². The van der Waals surface area contributed by atoms with Gasteiger partial charge in [-0.05, 0) is 42.5 Å². The smallest absolute Gasteiger partial charge is 0.159 e. The number of rotatable bonds is 6. The summed E-state index contributed by atoms with van der Waals surface area (Å²) in [6, 6.07) is 27.0. The predicted molar refractivity (Wildman–Crippen MR) is 120 cm³/mol. The van der Waals surface area contributed by atoms with Gasteiger partial charge in [0.05, 0.1) is 16.9 Å². The minimum absolute atomic E-state index is 0.234. The number of nitriles is 2. The number of hydrogen-bond donors (Lipinski definition) is 1. The number of hydrazone groups is 1.